The Morgan fingerprint density at radius 1 is 1.11 bits per heavy atom. The SMILES string of the molecule is C=CCc1cc(Cl)ccc1OCc1ccccc1. The summed E-state index contributed by atoms with van der Waals surface area (Å²) < 4.78 is 5.82. The molecule has 92 valence electrons. The summed E-state index contributed by atoms with van der Waals surface area (Å²) in [6.45, 7) is 4.31. The van der Waals surface area contributed by atoms with Crippen molar-refractivity contribution in [2.24, 2.45) is 0 Å². The maximum atomic E-state index is 5.98. The molecular formula is C16H15ClO. The molecule has 0 unspecified atom stereocenters. The molecule has 0 aliphatic rings. The van der Waals surface area contributed by atoms with Crippen molar-refractivity contribution in [3.63, 3.8) is 0 Å². The van der Waals surface area contributed by atoms with Crippen molar-refractivity contribution in [1.29, 1.82) is 0 Å². The van der Waals surface area contributed by atoms with Gasteiger partial charge in [0.05, 0.1) is 0 Å². The van der Waals surface area contributed by atoms with E-state index in [9.17, 15) is 0 Å². The Morgan fingerprint density at radius 2 is 1.89 bits per heavy atom. The zero-order valence-electron chi connectivity index (χ0n) is 10.1. The van der Waals surface area contributed by atoms with Crippen LogP contribution in [0.15, 0.2) is 61.2 Å². The monoisotopic (exact) mass is 258 g/mol. The Bertz CT molecular complexity index is 520. The predicted octanol–water partition coefficient (Wildman–Crippen LogP) is 4.65. The molecule has 0 spiro atoms. The number of ether oxygens (including phenoxy) is 1. The van der Waals surface area contributed by atoms with Crippen LogP contribution in [0.25, 0.3) is 0 Å². The number of benzene rings is 2. The molecule has 0 aliphatic heterocycles. The van der Waals surface area contributed by atoms with Crippen molar-refractivity contribution in [2.45, 2.75) is 13.0 Å². The van der Waals surface area contributed by atoms with Crippen LogP contribution in [0, 0.1) is 0 Å². The maximum Gasteiger partial charge on any atom is 0.123 e. The van der Waals surface area contributed by atoms with Crippen LogP contribution >= 0.6 is 11.6 Å². The Balaban J connectivity index is 2.11. The third kappa shape index (κ3) is 3.38. The average molecular weight is 259 g/mol. The Hall–Kier alpha value is -1.73. The zero-order valence-corrected chi connectivity index (χ0v) is 10.9. The summed E-state index contributed by atoms with van der Waals surface area (Å²) in [5.41, 5.74) is 2.21. The molecule has 2 rings (SSSR count). The van der Waals surface area contributed by atoms with Crippen LogP contribution in [0.4, 0.5) is 0 Å². The van der Waals surface area contributed by atoms with Gasteiger partial charge in [-0.05, 0) is 35.7 Å². The number of rotatable bonds is 5. The van der Waals surface area contributed by atoms with E-state index in [1.54, 1.807) is 0 Å². The highest BCUT2D eigenvalue weighted by Gasteiger charge is 2.03. The number of hydrogen-bond acceptors (Lipinski definition) is 1. The summed E-state index contributed by atoms with van der Waals surface area (Å²) >= 11 is 5.98. The van der Waals surface area contributed by atoms with E-state index < -0.39 is 0 Å². The first kappa shape index (κ1) is 12.7. The van der Waals surface area contributed by atoms with Crippen molar-refractivity contribution < 1.29 is 4.74 Å². The van der Waals surface area contributed by atoms with Gasteiger partial charge in [0.25, 0.3) is 0 Å². The molecule has 2 aromatic carbocycles. The van der Waals surface area contributed by atoms with Gasteiger partial charge in [0.1, 0.15) is 12.4 Å². The van der Waals surface area contributed by atoms with E-state index in [0.29, 0.717) is 6.61 Å². The predicted molar refractivity (Wildman–Crippen MR) is 76.1 cm³/mol. The molecule has 0 radical (unpaired) electrons. The highest BCUT2D eigenvalue weighted by atomic mass is 35.5. The first-order chi connectivity index (χ1) is 8.79. The van der Waals surface area contributed by atoms with E-state index >= 15 is 0 Å². The van der Waals surface area contributed by atoms with Crippen molar-refractivity contribution in [2.75, 3.05) is 0 Å². The minimum atomic E-state index is 0.562. The molecule has 0 heterocycles. The summed E-state index contributed by atoms with van der Waals surface area (Å²) in [5, 5.41) is 0.721. The number of halogens is 1. The van der Waals surface area contributed by atoms with Gasteiger partial charge in [-0.1, -0.05) is 48.0 Å². The van der Waals surface area contributed by atoms with Crippen molar-refractivity contribution >= 4 is 11.6 Å². The molecule has 18 heavy (non-hydrogen) atoms. The smallest absolute Gasteiger partial charge is 0.123 e. The molecule has 0 atom stereocenters. The van der Waals surface area contributed by atoms with Gasteiger partial charge < -0.3 is 4.74 Å². The molecule has 0 bridgehead atoms. The third-order valence-corrected chi connectivity index (χ3v) is 2.86. The van der Waals surface area contributed by atoms with E-state index in [1.165, 1.54) is 0 Å². The molecule has 0 amide bonds. The van der Waals surface area contributed by atoms with E-state index in [2.05, 4.69) is 6.58 Å². The van der Waals surface area contributed by atoms with Crippen LogP contribution in [0.5, 0.6) is 5.75 Å². The molecule has 0 aromatic heterocycles. The van der Waals surface area contributed by atoms with Gasteiger partial charge in [-0.15, -0.1) is 6.58 Å². The summed E-state index contributed by atoms with van der Waals surface area (Å²) in [5.74, 6) is 0.864. The van der Waals surface area contributed by atoms with Gasteiger partial charge in [-0.25, -0.2) is 0 Å². The van der Waals surface area contributed by atoms with Gasteiger partial charge in [-0.2, -0.15) is 0 Å². The lowest BCUT2D eigenvalue weighted by atomic mass is 10.1. The quantitative estimate of drug-likeness (QED) is 0.710. The van der Waals surface area contributed by atoms with E-state index in [-0.39, 0.29) is 0 Å². The lowest BCUT2D eigenvalue weighted by Crippen LogP contribution is -1.98. The second kappa shape index (κ2) is 6.27. The van der Waals surface area contributed by atoms with Gasteiger partial charge in [0.2, 0.25) is 0 Å². The normalized spacial score (nSPS) is 10.1. The van der Waals surface area contributed by atoms with Crippen LogP contribution < -0.4 is 4.74 Å². The first-order valence-corrected chi connectivity index (χ1v) is 6.23. The minimum Gasteiger partial charge on any atom is -0.489 e. The lowest BCUT2D eigenvalue weighted by molar-refractivity contribution is 0.303. The third-order valence-electron chi connectivity index (χ3n) is 2.62. The van der Waals surface area contributed by atoms with E-state index in [4.69, 9.17) is 16.3 Å². The zero-order chi connectivity index (χ0) is 12.8. The van der Waals surface area contributed by atoms with Crippen LogP contribution in [0.3, 0.4) is 0 Å². The van der Waals surface area contributed by atoms with E-state index in [0.717, 1.165) is 28.3 Å². The van der Waals surface area contributed by atoms with Crippen molar-refractivity contribution in [1.82, 2.24) is 0 Å². The topological polar surface area (TPSA) is 9.23 Å². The molecular weight excluding hydrogens is 244 g/mol. The van der Waals surface area contributed by atoms with Crippen molar-refractivity contribution in [3.05, 3.63) is 77.3 Å². The number of allylic oxidation sites excluding steroid dienone is 1. The van der Waals surface area contributed by atoms with Gasteiger partial charge in [0.15, 0.2) is 0 Å². The van der Waals surface area contributed by atoms with Crippen LogP contribution in [0.2, 0.25) is 5.02 Å². The Labute approximate surface area is 113 Å². The highest BCUT2D eigenvalue weighted by molar-refractivity contribution is 6.30. The first-order valence-electron chi connectivity index (χ1n) is 5.85. The molecule has 0 N–H and O–H groups in total. The fraction of sp³-hybridized carbons (Fsp3) is 0.125. The van der Waals surface area contributed by atoms with Crippen LogP contribution in [-0.2, 0) is 13.0 Å². The van der Waals surface area contributed by atoms with Crippen LogP contribution in [0.1, 0.15) is 11.1 Å². The standard InChI is InChI=1S/C16H15ClO/c1-2-6-14-11-15(17)9-10-16(14)18-12-13-7-4-3-5-8-13/h2-5,7-11H,1,6,12H2. The summed E-state index contributed by atoms with van der Waals surface area (Å²) in [6, 6.07) is 15.8. The molecule has 2 heteroatoms. The lowest BCUT2D eigenvalue weighted by Gasteiger charge is -2.11. The Kier molecular flexibility index (Phi) is 4.43. The average Bonchev–Trinajstić information content (AvgIpc) is 2.39. The fourth-order valence-electron chi connectivity index (χ4n) is 1.74. The molecule has 0 saturated carbocycles. The molecule has 2 aromatic rings. The highest BCUT2D eigenvalue weighted by Crippen LogP contribution is 2.24. The fourth-order valence-corrected chi connectivity index (χ4v) is 1.93. The second-order valence-electron chi connectivity index (χ2n) is 4.02. The molecule has 0 saturated heterocycles. The van der Waals surface area contributed by atoms with Crippen molar-refractivity contribution in [3.8, 4) is 5.75 Å². The largest absolute Gasteiger partial charge is 0.489 e. The minimum absolute atomic E-state index is 0.562. The second-order valence-corrected chi connectivity index (χ2v) is 4.46. The molecule has 0 aliphatic carbocycles. The summed E-state index contributed by atoms with van der Waals surface area (Å²) in [4.78, 5) is 0. The Morgan fingerprint density at radius 3 is 2.61 bits per heavy atom. The van der Waals surface area contributed by atoms with Crippen LogP contribution in [-0.4, -0.2) is 0 Å². The number of hydrogen-bond donors (Lipinski definition) is 0. The van der Waals surface area contributed by atoms with Gasteiger partial charge in [-0.3, -0.25) is 0 Å². The van der Waals surface area contributed by atoms with Gasteiger partial charge >= 0.3 is 0 Å². The summed E-state index contributed by atoms with van der Waals surface area (Å²) in [7, 11) is 0. The molecule has 1 nitrogen and oxygen atoms in total. The van der Waals surface area contributed by atoms with E-state index in [1.807, 2.05) is 54.6 Å². The van der Waals surface area contributed by atoms with Gasteiger partial charge in [0, 0.05) is 5.02 Å². The summed E-state index contributed by atoms with van der Waals surface area (Å²) in [6.07, 6.45) is 2.60. The maximum absolute atomic E-state index is 5.98. The molecule has 0 fully saturated rings.